The van der Waals surface area contributed by atoms with Crippen LogP contribution in [0.5, 0.6) is 0 Å². The van der Waals surface area contributed by atoms with Gasteiger partial charge in [-0.15, -0.1) is 0 Å². The summed E-state index contributed by atoms with van der Waals surface area (Å²) >= 11 is 0. The molecule has 30 aromatic carbocycles. The molecule has 0 aromatic heterocycles. The number of anilines is 1. The molecular weight excluding hydrogens is 903 g/mol. The second-order valence-corrected chi connectivity index (χ2v) is 27.2. The molecule has 0 N–H and O–H groups in total. The first-order valence-electron chi connectivity index (χ1n) is 28.1. The molecule has 1 fully saturated rings. The normalized spacial score (nSPS) is 22.8. The average Bonchev–Trinajstić information content (AvgIpc) is 3.87. The van der Waals surface area contributed by atoms with E-state index in [1.54, 1.807) is 313 Å². The summed E-state index contributed by atoms with van der Waals surface area (Å²) in [6.45, 7) is 0.978. The standard InChI is InChI=1S/C74H13N/c1-3-7-12(8-4-1)72-74-70-64-58-48-36-28-20-16-14-15-18-22(20)30(36)40-34-26(18)27-19(15)23-21-17(14)25-24(16)32-38(28)46-52-42(32)43-33(25)39-29(21)37-31(23)41-35(27)45-44(34)56(50(40)58)66(70)67-57(45)51(41)59-49(37)55-47(39)53(43)61-60(52)68(62(64)54(46)48)73(74,69(61)63(55)65(59)71(67)74)11-75(72)13-9-5-2-6-10-13/h1-10,72H,11H2. The highest BCUT2D eigenvalue weighted by atomic mass is 15.2. The molecule has 2 spiro atoms. The van der Waals surface area contributed by atoms with Crippen LogP contribution < -0.4 is 4.90 Å². The van der Waals surface area contributed by atoms with Crippen LogP contribution in [0.15, 0.2) is 60.7 Å². The van der Waals surface area contributed by atoms with Gasteiger partial charge in [0.2, 0.25) is 0 Å². The lowest BCUT2D eigenvalue weighted by atomic mass is 9.47. The highest BCUT2D eigenvalue weighted by molar-refractivity contribution is 6.82. The summed E-state index contributed by atoms with van der Waals surface area (Å²) in [7, 11) is 0. The Bertz CT molecular complexity index is 7530. The molecule has 0 bridgehead atoms. The smallest absolute Gasteiger partial charge is 0.0693 e. The van der Waals surface area contributed by atoms with Crippen molar-refractivity contribution in [1.82, 2.24) is 0 Å². The van der Waals surface area contributed by atoms with Gasteiger partial charge in [0, 0.05) is 12.2 Å². The molecule has 1 saturated heterocycles. The third-order valence-corrected chi connectivity index (χ3v) is 26.9. The molecule has 35 rings (SSSR count). The van der Waals surface area contributed by atoms with Crippen LogP contribution in [0.3, 0.4) is 0 Å². The highest BCUT2D eigenvalue weighted by Gasteiger charge is 2.76. The zero-order valence-corrected chi connectivity index (χ0v) is 38.5. The van der Waals surface area contributed by atoms with Gasteiger partial charge in [0.25, 0.3) is 0 Å². The van der Waals surface area contributed by atoms with Crippen molar-refractivity contribution in [2.24, 2.45) is 0 Å². The Balaban J connectivity index is 1.12. The molecule has 0 saturated carbocycles. The van der Waals surface area contributed by atoms with Gasteiger partial charge in [0.05, 0.1) is 16.9 Å². The first-order valence-corrected chi connectivity index (χ1v) is 28.1. The minimum atomic E-state index is -0.379. The minimum Gasteiger partial charge on any atom is -0.362 e. The lowest BCUT2D eigenvalue weighted by Gasteiger charge is -2.51. The van der Waals surface area contributed by atoms with Crippen molar-refractivity contribution in [3.8, 4) is 0 Å². The Labute approximate surface area is 411 Å². The van der Waals surface area contributed by atoms with Gasteiger partial charge in [0.1, 0.15) is 0 Å². The van der Waals surface area contributed by atoms with Crippen molar-refractivity contribution in [2.45, 2.75) is 16.9 Å². The maximum absolute atomic E-state index is 3.03. The Hall–Kier alpha value is -9.30. The van der Waals surface area contributed by atoms with Gasteiger partial charge >= 0.3 is 0 Å². The number of para-hydroxylation sites is 1. The molecule has 1 unspecified atom stereocenters. The second kappa shape index (κ2) is 6.58. The highest BCUT2D eigenvalue weighted by Crippen LogP contribution is 2.87. The largest absolute Gasteiger partial charge is 0.362 e. The van der Waals surface area contributed by atoms with Gasteiger partial charge in [-0.2, -0.15) is 0 Å². The molecule has 75 heavy (non-hydrogen) atoms. The fraction of sp³-hybridized carbons (Fsp3) is 0.0541. The molecule has 1 aliphatic heterocycles. The second-order valence-electron chi connectivity index (χ2n) is 27.2. The maximum atomic E-state index is 3.03. The van der Waals surface area contributed by atoms with E-state index in [9.17, 15) is 0 Å². The van der Waals surface area contributed by atoms with Crippen LogP contribution in [-0.2, 0) is 10.8 Å². The Morgan fingerprint density at radius 2 is 0.427 bits per heavy atom. The number of hydrogen-bond donors (Lipinski definition) is 0. The number of benzene rings is 20. The van der Waals surface area contributed by atoms with Gasteiger partial charge in [-0.1, -0.05) is 48.5 Å². The summed E-state index contributed by atoms with van der Waals surface area (Å²) in [6, 6.07) is 24.1. The summed E-state index contributed by atoms with van der Waals surface area (Å²) in [5.74, 6) is 0. The zero-order valence-electron chi connectivity index (χ0n) is 38.5. The molecule has 314 valence electrons. The van der Waals surface area contributed by atoms with Crippen molar-refractivity contribution in [2.75, 3.05) is 11.4 Å². The zero-order chi connectivity index (χ0) is 44.6. The van der Waals surface area contributed by atoms with Crippen molar-refractivity contribution in [1.29, 1.82) is 0 Å². The van der Waals surface area contributed by atoms with Gasteiger partial charge in [-0.3, -0.25) is 0 Å². The van der Waals surface area contributed by atoms with Crippen molar-refractivity contribution in [3.05, 3.63) is 88.5 Å². The topological polar surface area (TPSA) is 3.24 Å². The number of rotatable bonds is 2. The lowest BCUT2D eigenvalue weighted by molar-refractivity contribution is 0.363. The molecule has 1 nitrogen and oxygen atoms in total. The van der Waals surface area contributed by atoms with Crippen molar-refractivity contribution in [3.63, 3.8) is 0 Å². The Kier molecular flexibility index (Phi) is 2.48. The number of nitrogens with zero attached hydrogens (tertiary/aromatic N) is 1. The molecule has 1 heteroatoms. The van der Waals surface area contributed by atoms with Crippen LogP contribution in [0.2, 0.25) is 0 Å². The van der Waals surface area contributed by atoms with Crippen LogP contribution in [0.25, 0.3) is 291 Å². The van der Waals surface area contributed by atoms with E-state index >= 15 is 0 Å². The summed E-state index contributed by atoms with van der Waals surface area (Å²) in [6.07, 6.45) is 0. The van der Waals surface area contributed by atoms with E-state index in [2.05, 4.69) is 65.6 Å². The molecule has 0 amide bonds. The van der Waals surface area contributed by atoms with E-state index in [4.69, 9.17) is 0 Å². The predicted octanol–water partition coefficient (Wildman–Crippen LogP) is 19.6. The van der Waals surface area contributed by atoms with E-state index in [0.29, 0.717) is 0 Å². The van der Waals surface area contributed by atoms with Gasteiger partial charge in [0.15, 0.2) is 0 Å². The Morgan fingerprint density at radius 3 is 0.667 bits per heavy atom. The van der Waals surface area contributed by atoms with Gasteiger partial charge in [-0.25, -0.2) is 0 Å². The average molecular weight is 916 g/mol. The van der Waals surface area contributed by atoms with Crippen molar-refractivity contribution >= 4 is 297 Å². The lowest BCUT2D eigenvalue weighted by Crippen LogP contribution is -2.51. The molecule has 1 atom stereocenters. The predicted molar refractivity (Wildman–Crippen MR) is 317 cm³/mol. The first-order chi connectivity index (χ1) is 37.4. The van der Waals surface area contributed by atoms with E-state index < -0.39 is 0 Å². The summed E-state index contributed by atoms with van der Waals surface area (Å²) in [5.41, 5.74) is 9.19. The fourth-order valence-electron chi connectivity index (χ4n) is 26.8. The third kappa shape index (κ3) is 1.57. The van der Waals surface area contributed by atoms with E-state index in [1.165, 1.54) is 11.3 Å². The van der Waals surface area contributed by atoms with E-state index in [-0.39, 0.29) is 16.9 Å². The third-order valence-electron chi connectivity index (χ3n) is 26.9. The van der Waals surface area contributed by atoms with Gasteiger partial charge < -0.3 is 4.90 Å². The quantitative estimate of drug-likeness (QED) is 0.156. The van der Waals surface area contributed by atoms with E-state index in [0.717, 1.165) is 6.54 Å². The molecule has 1 heterocycles. The molecule has 0 radical (unpaired) electrons. The summed E-state index contributed by atoms with van der Waals surface area (Å²) < 4.78 is 0. The monoisotopic (exact) mass is 915 g/mol. The van der Waals surface area contributed by atoms with Crippen LogP contribution in [0, 0.1) is 0 Å². The minimum absolute atomic E-state index is 0.0804. The molecule has 30 aromatic rings. The SMILES string of the molecule is c1ccc(C2N(c3ccccc3)CC34c5c6c7c8c9c%10c(c%11c%12c3c3c5c5c%13c6c6c7c7c9c9c%14c%10c%10c%11c%11c%12c%12c3c3c5c5c%13c%13c6c6c7c9c7c9c%14c%10c%10c%11c%11c%12c3c3c5c5c%13c6c7c6c9c%10c%11c3c56)C824)cc1. The van der Waals surface area contributed by atoms with Crippen LogP contribution >= 0.6 is 0 Å². The Morgan fingerprint density at radius 1 is 0.227 bits per heavy atom. The molecule has 5 aliphatic rings. The summed E-state index contributed by atoms with van der Waals surface area (Å²) in [5, 5.41) is 90.0. The van der Waals surface area contributed by atoms with Crippen LogP contribution in [-0.4, -0.2) is 6.54 Å². The summed E-state index contributed by atoms with van der Waals surface area (Å²) in [4.78, 5) is 3.03. The molecule has 4 aliphatic carbocycles. The maximum Gasteiger partial charge on any atom is 0.0693 e. The molecular formula is C74H13N. The van der Waals surface area contributed by atoms with Crippen molar-refractivity contribution < 1.29 is 0 Å². The number of hydrogen-bond acceptors (Lipinski definition) is 1. The first kappa shape index (κ1) is 28.2. The van der Waals surface area contributed by atoms with Crippen LogP contribution in [0.1, 0.15) is 33.9 Å². The van der Waals surface area contributed by atoms with Gasteiger partial charge in [-0.05, 0) is 331 Å². The van der Waals surface area contributed by atoms with Crippen LogP contribution in [0.4, 0.5) is 5.69 Å². The van der Waals surface area contributed by atoms with E-state index in [1.807, 2.05) is 0 Å². The fourth-order valence-corrected chi connectivity index (χ4v) is 26.8.